The Morgan fingerprint density at radius 1 is 1.53 bits per heavy atom. The molecule has 1 aromatic heterocycles. The Hall–Kier alpha value is -1.21. The Kier molecular flexibility index (Phi) is 2.16. The zero-order chi connectivity index (χ0) is 11.1. The maximum absolute atomic E-state index is 9.70. The summed E-state index contributed by atoms with van der Waals surface area (Å²) < 4.78 is 5.57. The molecule has 2 rings (SSSR count). The molecule has 0 spiro atoms. The molecule has 1 aliphatic rings. The van der Waals surface area contributed by atoms with E-state index in [0.717, 1.165) is 0 Å². The lowest BCUT2D eigenvalue weighted by atomic mass is 10.1. The monoisotopic (exact) mass is 212 g/mol. The Balaban J connectivity index is 2.50. The van der Waals surface area contributed by atoms with Crippen molar-refractivity contribution in [3.63, 3.8) is 0 Å². The van der Waals surface area contributed by atoms with Crippen molar-refractivity contribution >= 4 is 5.69 Å². The van der Waals surface area contributed by atoms with Gasteiger partial charge in [0, 0.05) is 12.3 Å². The first kappa shape index (κ1) is 10.3. The number of ether oxygens (including phenoxy) is 1. The number of nitrogens with zero attached hydrogens (tertiary/aromatic N) is 2. The Morgan fingerprint density at radius 2 is 2.27 bits per heavy atom. The summed E-state index contributed by atoms with van der Waals surface area (Å²) in [4.78, 5) is 2.56. The van der Waals surface area contributed by atoms with Crippen LogP contribution in [0.1, 0.15) is 13.8 Å². The second kappa shape index (κ2) is 3.14. The van der Waals surface area contributed by atoms with E-state index in [2.05, 4.69) is 10.4 Å². The van der Waals surface area contributed by atoms with E-state index in [1.165, 1.54) is 6.07 Å². The molecule has 0 saturated carbocycles. The highest BCUT2D eigenvalue weighted by molar-refractivity contribution is 5.48. The van der Waals surface area contributed by atoms with Crippen LogP contribution in [0.3, 0.4) is 0 Å². The summed E-state index contributed by atoms with van der Waals surface area (Å²) in [6, 6.07) is 3.15. The first-order valence-corrected chi connectivity index (χ1v) is 4.65. The number of aromatic nitrogens is 1. The molecule has 6 heteroatoms. The van der Waals surface area contributed by atoms with Gasteiger partial charge < -0.3 is 4.74 Å². The quantitative estimate of drug-likeness (QED) is 0.556. The first-order chi connectivity index (χ1) is 6.91. The second-order valence-electron chi connectivity index (χ2n) is 4.13. The van der Waals surface area contributed by atoms with Crippen molar-refractivity contribution in [1.82, 2.24) is 15.3 Å². The van der Waals surface area contributed by atoms with Crippen molar-refractivity contribution in [2.75, 3.05) is 6.54 Å². The van der Waals surface area contributed by atoms with Gasteiger partial charge in [0.05, 0.1) is 11.5 Å². The number of hydrogen-bond donors (Lipinski definition) is 3. The van der Waals surface area contributed by atoms with Crippen LogP contribution in [0, 0.1) is 0 Å². The third-order valence-corrected chi connectivity index (χ3v) is 2.19. The fourth-order valence-corrected chi connectivity index (χ4v) is 1.38. The van der Waals surface area contributed by atoms with E-state index in [-0.39, 0.29) is 18.1 Å². The maximum Gasteiger partial charge on any atom is 0.286 e. The largest absolute Gasteiger partial charge is 0.466 e. The van der Waals surface area contributed by atoms with Crippen LogP contribution in [0.2, 0.25) is 0 Å². The predicted molar refractivity (Wildman–Crippen MR) is 52.3 cm³/mol. The van der Waals surface area contributed by atoms with Crippen LogP contribution in [-0.2, 0) is 0 Å². The average Bonchev–Trinajstić information content (AvgIpc) is 2.23. The molecule has 82 valence electrons. The van der Waals surface area contributed by atoms with E-state index in [1.807, 2.05) is 13.8 Å². The van der Waals surface area contributed by atoms with Gasteiger partial charge >= 0.3 is 0 Å². The van der Waals surface area contributed by atoms with Crippen LogP contribution in [0.5, 0.6) is 5.88 Å². The maximum atomic E-state index is 9.70. The summed E-state index contributed by atoms with van der Waals surface area (Å²) in [5, 5.41) is 19.4. The lowest BCUT2D eigenvalue weighted by Gasteiger charge is -2.21. The van der Waals surface area contributed by atoms with Gasteiger partial charge in [-0.3, -0.25) is 0 Å². The molecule has 1 aliphatic heterocycles. The van der Waals surface area contributed by atoms with Crippen molar-refractivity contribution in [1.29, 1.82) is 0 Å². The number of pyridine rings is 1. The highest BCUT2D eigenvalue weighted by Gasteiger charge is 2.40. The Morgan fingerprint density at radius 3 is 3.00 bits per heavy atom. The normalized spacial score (nSPS) is 22.4. The third kappa shape index (κ3) is 1.93. The minimum absolute atomic E-state index is 0.170. The van der Waals surface area contributed by atoms with E-state index in [4.69, 9.17) is 4.74 Å². The highest BCUT2D eigenvalue weighted by atomic mass is 16.9. The van der Waals surface area contributed by atoms with E-state index in [9.17, 15) is 10.4 Å². The van der Waals surface area contributed by atoms with Crippen molar-refractivity contribution in [2.45, 2.75) is 19.4 Å². The molecule has 0 atom stereocenters. The van der Waals surface area contributed by atoms with Gasteiger partial charge in [0.1, 0.15) is 5.60 Å². The van der Waals surface area contributed by atoms with Crippen molar-refractivity contribution in [2.24, 2.45) is 0 Å². The molecule has 6 nitrogen and oxygen atoms in total. The van der Waals surface area contributed by atoms with Gasteiger partial charge in [-0.05, 0) is 19.9 Å². The molecular formula is C9H14N3O3+. The smallest absolute Gasteiger partial charge is 0.286 e. The standard InChI is InChI=1S/C9H14N3O3/c1-9(2)6-11-12(13,14)7-4-3-5-10-8(7)15-9/h3-5,11,13-14H,6H2,1-2H3/q+1. The zero-order valence-electron chi connectivity index (χ0n) is 8.64. The van der Waals surface area contributed by atoms with Gasteiger partial charge in [0.25, 0.3) is 11.6 Å². The molecule has 0 bridgehead atoms. The van der Waals surface area contributed by atoms with Gasteiger partial charge in [0.2, 0.25) is 0 Å². The lowest BCUT2D eigenvalue weighted by molar-refractivity contribution is -0.325. The Labute approximate surface area is 87.2 Å². The van der Waals surface area contributed by atoms with Crippen LogP contribution < -0.4 is 15.1 Å². The number of rotatable bonds is 0. The molecule has 1 aromatic rings. The molecule has 0 fully saturated rings. The topological polar surface area (TPSA) is 74.6 Å². The molecule has 2 heterocycles. The van der Waals surface area contributed by atoms with Crippen LogP contribution in [0.4, 0.5) is 5.69 Å². The van der Waals surface area contributed by atoms with Crippen molar-refractivity contribution < 1.29 is 15.2 Å². The van der Waals surface area contributed by atoms with Crippen LogP contribution in [0.15, 0.2) is 18.3 Å². The SMILES string of the molecule is CC1(C)CN[N+](O)(O)c2cccnc2O1. The number of fused-ring (bicyclic) bond motifs is 1. The number of hydrogen-bond acceptors (Lipinski definition) is 5. The van der Waals surface area contributed by atoms with E-state index in [0.29, 0.717) is 0 Å². The Bertz CT molecular complexity index is 379. The van der Waals surface area contributed by atoms with E-state index < -0.39 is 10.5 Å². The molecule has 0 amide bonds. The summed E-state index contributed by atoms with van der Waals surface area (Å²) in [7, 11) is 0. The molecule has 0 aliphatic carbocycles. The van der Waals surface area contributed by atoms with Gasteiger partial charge in [-0.15, -0.1) is 0 Å². The molecule has 15 heavy (non-hydrogen) atoms. The molecule has 0 radical (unpaired) electrons. The van der Waals surface area contributed by atoms with Crippen molar-refractivity contribution in [3.05, 3.63) is 18.3 Å². The summed E-state index contributed by atoms with van der Waals surface area (Å²) in [6.07, 6.45) is 1.54. The summed E-state index contributed by atoms with van der Waals surface area (Å²) in [5.41, 5.74) is 2.17. The van der Waals surface area contributed by atoms with Gasteiger partial charge in [-0.25, -0.2) is 4.98 Å². The summed E-state index contributed by atoms with van der Waals surface area (Å²) in [5.74, 6) is 0.220. The summed E-state index contributed by atoms with van der Waals surface area (Å²) in [6.45, 7) is 3.96. The minimum Gasteiger partial charge on any atom is -0.466 e. The molecule has 0 saturated heterocycles. The van der Waals surface area contributed by atoms with E-state index in [1.54, 1.807) is 12.3 Å². The van der Waals surface area contributed by atoms with Crippen LogP contribution in [0.25, 0.3) is 0 Å². The van der Waals surface area contributed by atoms with Crippen molar-refractivity contribution in [3.8, 4) is 5.88 Å². The molecule has 0 unspecified atom stereocenters. The zero-order valence-corrected chi connectivity index (χ0v) is 8.64. The lowest BCUT2D eigenvalue weighted by Crippen LogP contribution is -2.56. The fourth-order valence-electron chi connectivity index (χ4n) is 1.38. The second-order valence-corrected chi connectivity index (χ2v) is 4.13. The highest BCUT2D eigenvalue weighted by Crippen LogP contribution is 2.32. The van der Waals surface area contributed by atoms with Gasteiger partial charge in [0.15, 0.2) is 0 Å². The third-order valence-electron chi connectivity index (χ3n) is 2.19. The first-order valence-electron chi connectivity index (χ1n) is 4.65. The van der Waals surface area contributed by atoms with Crippen LogP contribution in [-0.4, -0.2) is 27.5 Å². The molecule has 3 N–H and O–H groups in total. The van der Waals surface area contributed by atoms with Gasteiger partial charge in [-0.1, -0.05) is 5.43 Å². The van der Waals surface area contributed by atoms with Crippen LogP contribution >= 0.6 is 0 Å². The fraction of sp³-hybridized carbons (Fsp3) is 0.444. The summed E-state index contributed by atoms with van der Waals surface area (Å²) >= 11 is 0. The minimum atomic E-state index is -1.41. The number of quaternary nitrogens is 1. The molecule has 0 aromatic carbocycles. The predicted octanol–water partition coefficient (Wildman–Crippen LogP) is 0.843. The van der Waals surface area contributed by atoms with Gasteiger partial charge in [-0.2, -0.15) is 10.4 Å². The molecular weight excluding hydrogens is 198 g/mol. The number of nitrogens with one attached hydrogen (secondary N) is 1. The average molecular weight is 212 g/mol. The van der Waals surface area contributed by atoms with E-state index >= 15 is 0 Å².